The number of hydrogen-bond acceptors (Lipinski definition) is 5. The monoisotopic (exact) mass is 401 g/mol. The van der Waals surface area contributed by atoms with Gasteiger partial charge in [0, 0.05) is 12.2 Å². The molecule has 156 valence electrons. The first-order valence-electron chi connectivity index (χ1n) is 9.51. The van der Waals surface area contributed by atoms with Crippen molar-refractivity contribution in [3.05, 3.63) is 60.2 Å². The molecule has 7 heteroatoms. The fraction of sp³-hybridized carbons (Fsp3) is 0.364. The highest BCUT2D eigenvalue weighted by Gasteiger charge is 2.21. The van der Waals surface area contributed by atoms with Gasteiger partial charge in [-0.1, -0.05) is 25.1 Å². The van der Waals surface area contributed by atoms with E-state index in [1.807, 2.05) is 37.3 Å². The number of ether oxygens (including phenoxy) is 3. The number of carbonyl (C=O) groups is 2. The smallest absolute Gasteiger partial charge is 0.306 e. The summed E-state index contributed by atoms with van der Waals surface area (Å²) in [4.78, 5) is 23.7. The molecule has 0 radical (unpaired) electrons. The third kappa shape index (κ3) is 7.93. The van der Waals surface area contributed by atoms with Gasteiger partial charge >= 0.3 is 5.97 Å². The maximum absolute atomic E-state index is 12.6. The van der Waals surface area contributed by atoms with Crippen molar-refractivity contribution >= 4 is 11.9 Å². The predicted octanol–water partition coefficient (Wildman–Crippen LogP) is 3.70. The Morgan fingerprint density at radius 2 is 1.66 bits per heavy atom. The number of carboxylic acid groups (broad SMARTS) is 1. The molecular formula is C22H27NO6. The van der Waals surface area contributed by atoms with Crippen LogP contribution in [-0.4, -0.2) is 43.0 Å². The topological polar surface area (TPSA) is 94.1 Å². The average Bonchev–Trinajstić information content (AvgIpc) is 2.72. The summed E-state index contributed by atoms with van der Waals surface area (Å²) in [6, 6.07) is 15.6. The number of carbonyl (C=O) groups excluding carboxylic acids is 1. The van der Waals surface area contributed by atoms with E-state index in [9.17, 15) is 9.59 Å². The largest absolute Gasteiger partial charge is 0.481 e. The molecular weight excluding hydrogens is 374 g/mol. The number of hydrogen-bond donors (Lipinski definition) is 2. The normalized spacial score (nSPS) is 12.8. The molecule has 2 unspecified atom stereocenters. The van der Waals surface area contributed by atoms with Crippen molar-refractivity contribution in [3.8, 4) is 11.5 Å². The number of para-hydroxylation sites is 1. The third-order valence-electron chi connectivity index (χ3n) is 4.18. The maximum Gasteiger partial charge on any atom is 0.306 e. The van der Waals surface area contributed by atoms with Gasteiger partial charge in [-0.15, -0.1) is 0 Å². The molecule has 0 saturated carbocycles. The van der Waals surface area contributed by atoms with E-state index < -0.39 is 17.9 Å². The van der Waals surface area contributed by atoms with E-state index >= 15 is 0 Å². The fourth-order valence-corrected chi connectivity index (χ4v) is 2.60. The van der Waals surface area contributed by atoms with E-state index in [0.717, 1.165) is 0 Å². The van der Waals surface area contributed by atoms with Crippen molar-refractivity contribution in [2.75, 3.05) is 20.0 Å². The van der Waals surface area contributed by atoms with Crippen LogP contribution >= 0.6 is 0 Å². The van der Waals surface area contributed by atoms with Gasteiger partial charge in [0.15, 0.2) is 0 Å². The first-order chi connectivity index (χ1) is 14.0. The van der Waals surface area contributed by atoms with Gasteiger partial charge in [0.1, 0.15) is 18.3 Å². The minimum Gasteiger partial charge on any atom is -0.481 e. The lowest BCUT2D eigenvalue weighted by Gasteiger charge is -2.21. The summed E-state index contributed by atoms with van der Waals surface area (Å²) in [5.41, 5.74) is 0.447. The second-order valence-corrected chi connectivity index (χ2v) is 6.57. The summed E-state index contributed by atoms with van der Waals surface area (Å²) in [6.07, 6.45) is 0.252. The van der Waals surface area contributed by atoms with Gasteiger partial charge in [0.25, 0.3) is 5.91 Å². The van der Waals surface area contributed by atoms with E-state index in [1.165, 1.54) is 0 Å². The van der Waals surface area contributed by atoms with Crippen LogP contribution in [0, 0.1) is 5.92 Å². The Morgan fingerprint density at radius 1 is 1.00 bits per heavy atom. The quantitative estimate of drug-likeness (QED) is 0.416. The molecule has 2 N–H and O–H groups in total. The molecule has 0 spiro atoms. The van der Waals surface area contributed by atoms with Crippen LogP contribution in [0.4, 0.5) is 0 Å². The molecule has 0 bridgehead atoms. The Morgan fingerprint density at radius 3 is 2.28 bits per heavy atom. The lowest BCUT2D eigenvalue weighted by atomic mass is 10.0. The van der Waals surface area contributed by atoms with Crippen LogP contribution in [0.15, 0.2) is 54.6 Å². The molecule has 0 aromatic heterocycles. The van der Waals surface area contributed by atoms with Gasteiger partial charge in [0.2, 0.25) is 0 Å². The molecule has 0 aliphatic carbocycles. The van der Waals surface area contributed by atoms with Crippen molar-refractivity contribution < 1.29 is 28.9 Å². The molecule has 2 atom stereocenters. The Bertz CT molecular complexity index is 763. The zero-order valence-electron chi connectivity index (χ0n) is 16.7. The van der Waals surface area contributed by atoms with Crippen LogP contribution in [0.3, 0.4) is 0 Å². The predicted molar refractivity (Wildman–Crippen MR) is 108 cm³/mol. The molecule has 29 heavy (non-hydrogen) atoms. The van der Waals surface area contributed by atoms with Crippen LogP contribution < -0.4 is 10.1 Å². The van der Waals surface area contributed by atoms with E-state index in [0.29, 0.717) is 23.7 Å². The average molecular weight is 401 g/mol. The van der Waals surface area contributed by atoms with Crippen molar-refractivity contribution in [1.82, 2.24) is 5.32 Å². The highest BCUT2D eigenvalue weighted by atomic mass is 16.7. The van der Waals surface area contributed by atoms with Gasteiger partial charge in [-0.2, -0.15) is 0 Å². The number of carboxylic acids is 1. The van der Waals surface area contributed by atoms with Crippen molar-refractivity contribution in [3.63, 3.8) is 0 Å². The van der Waals surface area contributed by atoms with Crippen molar-refractivity contribution in [2.45, 2.75) is 26.3 Å². The van der Waals surface area contributed by atoms with Crippen molar-refractivity contribution in [2.24, 2.45) is 5.92 Å². The van der Waals surface area contributed by atoms with E-state index in [1.54, 1.807) is 31.2 Å². The summed E-state index contributed by atoms with van der Waals surface area (Å²) in [5, 5.41) is 12.0. The van der Waals surface area contributed by atoms with Crippen LogP contribution in [0.25, 0.3) is 0 Å². The molecule has 2 aromatic carbocycles. The van der Waals surface area contributed by atoms with Gasteiger partial charge < -0.3 is 24.6 Å². The Labute approximate surface area is 170 Å². The second kappa shape index (κ2) is 11.8. The summed E-state index contributed by atoms with van der Waals surface area (Å²) in [7, 11) is 0. The molecule has 2 rings (SSSR count). The summed E-state index contributed by atoms with van der Waals surface area (Å²) in [6.45, 7) is 4.22. The highest BCUT2D eigenvalue weighted by Crippen LogP contribution is 2.21. The summed E-state index contributed by atoms with van der Waals surface area (Å²) >= 11 is 0. The van der Waals surface area contributed by atoms with Gasteiger partial charge in [0.05, 0.1) is 18.6 Å². The van der Waals surface area contributed by atoms with Crippen LogP contribution in [0.2, 0.25) is 0 Å². The molecule has 0 heterocycles. The number of aliphatic carboxylic acids is 1. The number of benzene rings is 2. The first-order valence-corrected chi connectivity index (χ1v) is 9.51. The van der Waals surface area contributed by atoms with Gasteiger partial charge in [-0.25, -0.2) is 0 Å². The highest BCUT2D eigenvalue weighted by molar-refractivity contribution is 5.94. The van der Waals surface area contributed by atoms with Crippen molar-refractivity contribution in [1.29, 1.82) is 0 Å². The Kier molecular flexibility index (Phi) is 9.14. The first kappa shape index (κ1) is 22.4. The lowest BCUT2D eigenvalue weighted by Crippen LogP contribution is -2.40. The number of nitrogens with one attached hydrogen (secondary N) is 1. The number of rotatable bonds is 12. The van der Waals surface area contributed by atoms with Crippen LogP contribution in [0.1, 0.15) is 30.6 Å². The fourth-order valence-electron chi connectivity index (χ4n) is 2.60. The molecule has 0 fully saturated rings. The zero-order valence-corrected chi connectivity index (χ0v) is 16.7. The lowest BCUT2D eigenvalue weighted by molar-refractivity contribution is -0.141. The Hall–Kier alpha value is -2.90. The molecule has 0 aliphatic heterocycles. The number of amides is 1. The SMILES string of the molecule is CCOCOCC(CC(C)C(=O)O)NC(=O)c1ccc(Oc2ccccc2)cc1. The maximum atomic E-state index is 12.6. The zero-order chi connectivity index (χ0) is 21.1. The van der Waals surface area contributed by atoms with Gasteiger partial charge in [-0.05, 0) is 49.7 Å². The minimum atomic E-state index is -0.920. The molecule has 1 amide bonds. The molecule has 2 aromatic rings. The summed E-state index contributed by atoms with van der Waals surface area (Å²) < 4.78 is 16.2. The van der Waals surface area contributed by atoms with Gasteiger partial charge in [-0.3, -0.25) is 9.59 Å². The Balaban J connectivity index is 1.96. The molecule has 7 nitrogen and oxygen atoms in total. The van der Waals surface area contributed by atoms with E-state index in [2.05, 4.69) is 5.32 Å². The second-order valence-electron chi connectivity index (χ2n) is 6.57. The molecule has 0 aliphatic rings. The van der Waals surface area contributed by atoms with Crippen LogP contribution in [0.5, 0.6) is 11.5 Å². The van der Waals surface area contributed by atoms with E-state index in [-0.39, 0.29) is 25.7 Å². The third-order valence-corrected chi connectivity index (χ3v) is 4.18. The summed E-state index contributed by atoms with van der Waals surface area (Å²) in [5.74, 6) is -0.518. The van der Waals surface area contributed by atoms with Crippen LogP contribution in [-0.2, 0) is 14.3 Å². The standard InChI is InChI=1S/C22H27NO6/c1-3-27-15-28-14-18(13-16(2)22(25)26)23-21(24)17-9-11-20(12-10-17)29-19-7-5-4-6-8-19/h4-12,16,18H,3,13-15H2,1-2H3,(H,23,24)(H,25,26). The minimum absolute atomic E-state index is 0.0931. The van der Waals surface area contributed by atoms with E-state index in [4.69, 9.17) is 19.3 Å². The molecule has 0 saturated heterocycles.